The zero-order valence-corrected chi connectivity index (χ0v) is 10.8. The summed E-state index contributed by atoms with van der Waals surface area (Å²) in [7, 11) is -7.85. The number of rotatable bonds is 5. The normalized spacial score (nSPS) is 12.1. The third kappa shape index (κ3) is 4.67. The van der Waals surface area contributed by atoms with Gasteiger partial charge < -0.3 is 5.11 Å². The first-order valence-corrected chi connectivity index (χ1v) is 8.18. The van der Waals surface area contributed by atoms with Gasteiger partial charge in [0.2, 0.25) is 10.0 Å². The van der Waals surface area contributed by atoms with Gasteiger partial charge in [0.15, 0.2) is 14.9 Å². The molecule has 8 nitrogen and oxygen atoms in total. The predicted molar refractivity (Wildman–Crippen MR) is 63.4 cm³/mol. The van der Waals surface area contributed by atoms with Crippen LogP contribution in [-0.2, 0) is 19.9 Å². The molecule has 0 aromatic carbocycles. The Hall–Kier alpha value is -1.68. The van der Waals surface area contributed by atoms with Gasteiger partial charge in [-0.05, 0) is 12.1 Å². The lowest BCUT2D eigenvalue weighted by molar-refractivity contribution is 0.0696. The number of carboxylic acids is 1. The van der Waals surface area contributed by atoms with E-state index in [0.29, 0.717) is 0 Å². The van der Waals surface area contributed by atoms with Crippen LogP contribution in [0.4, 0.5) is 5.82 Å². The van der Waals surface area contributed by atoms with E-state index in [0.717, 1.165) is 18.5 Å². The van der Waals surface area contributed by atoms with Gasteiger partial charge in [-0.3, -0.25) is 4.72 Å². The second-order valence-electron chi connectivity index (χ2n) is 3.50. The lowest BCUT2D eigenvalue weighted by atomic mass is 10.3. The van der Waals surface area contributed by atoms with E-state index in [1.807, 2.05) is 4.72 Å². The predicted octanol–water partition coefficient (Wildman–Crippen LogP) is -0.476. The molecule has 0 bridgehead atoms. The first-order valence-electron chi connectivity index (χ1n) is 4.47. The molecule has 0 aliphatic rings. The maximum Gasteiger partial charge on any atom is 0.335 e. The van der Waals surface area contributed by atoms with Crippen LogP contribution in [0.1, 0.15) is 10.4 Å². The van der Waals surface area contributed by atoms with Crippen LogP contribution in [0.5, 0.6) is 0 Å². The summed E-state index contributed by atoms with van der Waals surface area (Å²) >= 11 is 0. The fourth-order valence-corrected chi connectivity index (χ4v) is 4.01. The Morgan fingerprint density at radius 3 is 2.50 bits per heavy atom. The molecule has 100 valence electrons. The number of nitrogens with zero attached hydrogens (tertiary/aromatic N) is 1. The van der Waals surface area contributed by atoms with Gasteiger partial charge in [0.25, 0.3) is 0 Å². The molecular weight excluding hydrogens is 284 g/mol. The molecule has 1 aromatic heterocycles. The fraction of sp³-hybridized carbons (Fsp3) is 0.250. The molecule has 1 rings (SSSR count). The largest absolute Gasteiger partial charge is 0.478 e. The number of hydrogen-bond donors (Lipinski definition) is 2. The summed E-state index contributed by atoms with van der Waals surface area (Å²) in [5, 5.41) is 7.59. The average Bonchev–Trinajstić information content (AvgIpc) is 2.12. The molecule has 0 unspecified atom stereocenters. The third-order valence-electron chi connectivity index (χ3n) is 1.64. The molecule has 18 heavy (non-hydrogen) atoms. The maximum absolute atomic E-state index is 11.4. The number of carbonyl (C=O) groups is 1. The van der Waals surface area contributed by atoms with Crippen molar-refractivity contribution in [3.05, 3.63) is 23.9 Å². The van der Waals surface area contributed by atoms with Crippen LogP contribution in [0.3, 0.4) is 0 Å². The first kappa shape index (κ1) is 14.4. The molecule has 1 aromatic rings. The second-order valence-corrected chi connectivity index (χ2v) is 7.72. The van der Waals surface area contributed by atoms with Crippen molar-refractivity contribution in [2.45, 2.75) is 0 Å². The average molecular weight is 294 g/mol. The summed E-state index contributed by atoms with van der Waals surface area (Å²) in [6, 6.07) is 2.17. The third-order valence-corrected chi connectivity index (χ3v) is 5.11. The highest BCUT2D eigenvalue weighted by atomic mass is 32.3. The molecule has 0 amide bonds. The SMILES string of the molecule is CS(=O)(=O)CS(=O)(=O)Nc1cc(C(=O)O)ccn1. The highest BCUT2D eigenvalue weighted by Crippen LogP contribution is 2.09. The number of anilines is 1. The molecule has 10 heteroatoms. The Balaban J connectivity index is 2.98. The van der Waals surface area contributed by atoms with Crippen molar-refractivity contribution < 1.29 is 26.7 Å². The minimum absolute atomic E-state index is 0.165. The Morgan fingerprint density at radius 2 is 2.00 bits per heavy atom. The van der Waals surface area contributed by atoms with E-state index >= 15 is 0 Å². The van der Waals surface area contributed by atoms with E-state index in [1.54, 1.807) is 0 Å². The number of sulfonamides is 1. The molecule has 0 aliphatic heterocycles. The van der Waals surface area contributed by atoms with Crippen molar-refractivity contribution in [2.24, 2.45) is 0 Å². The van der Waals surface area contributed by atoms with Crippen LogP contribution < -0.4 is 4.72 Å². The van der Waals surface area contributed by atoms with Crippen molar-refractivity contribution in [2.75, 3.05) is 16.1 Å². The lowest BCUT2D eigenvalue weighted by Gasteiger charge is -2.06. The van der Waals surface area contributed by atoms with Crippen molar-refractivity contribution >= 4 is 31.6 Å². The molecule has 0 saturated carbocycles. The van der Waals surface area contributed by atoms with E-state index in [-0.39, 0.29) is 11.4 Å². The van der Waals surface area contributed by atoms with Crippen molar-refractivity contribution in [1.29, 1.82) is 0 Å². The van der Waals surface area contributed by atoms with Gasteiger partial charge in [-0.2, -0.15) is 0 Å². The van der Waals surface area contributed by atoms with Crippen LogP contribution in [0.2, 0.25) is 0 Å². The Morgan fingerprint density at radius 1 is 1.39 bits per heavy atom. The van der Waals surface area contributed by atoms with Gasteiger partial charge in [-0.25, -0.2) is 26.6 Å². The summed E-state index contributed by atoms with van der Waals surface area (Å²) in [5.74, 6) is -1.50. The lowest BCUT2D eigenvalue weighted by Crippen LogP contribution is -2.22. The molecule has 0 atom stereocenters. The molecule has 0 spiro atoms. The Kier molecular flexibility index (Phi) is 3.92. The van der Waals surface area contributed by atoms with E-state index < -0.39 is 30.9 Å². The minimum atomic E-state index is -4.13. The van der Waals surface area contributed by atoms with E-state index in [9.17, 15) is 21.6 Å². The van der Waals surface area contributed by atoms with Crippen molar-refractivity contribution in [3.63, 3.8) is 0 Å². The highest BCUT2D eigenvalue weighted by Gasteiger charge is 2.19. The number of pyridine rings is 1. The monoisotopic (exact) mass is 294 g/mol. The summed E-state index contributed by atoms with van der Waals surface area (Å²) in [4.78, 5) is 14.2. The van der Waals surface area contributed by atoms with Crippen LogP contribution in [-0.4, -0.2) is 44.2 Å². The molecule has 0 fully saturated rings. The Bertz CT molecular complexity index is 665. The number of hydrogen-bond acceptors (Lipinski definition) is 6. The van der Waals surface area contributed by atoms with E-state index in [1.165, 1.54) is 6.07 Å². The number of sulfone groups is 1. The highest BCUT2D eigenvalue weighted by molar-refractivity contribution is 8.08. The molecule has 0 radical (unpaired) electrons. The Labute approximate surface area is 104 Å². The van der Waals surface area contributed by atoms with Crippen LogP contribution in [0.15, 0.2) is 18.3 Å². The standard InChI is InChI=1S/C8H10N2O6S2/c1-17(13,14)5-18(15,16)10-7-4-6(8(11)12)2-3-9-7/h2-4H,5H2,1H3,(H,9,10)(H,11,12). The molecular formula is C8H10N2O6S2. The van der Waals surface area contributed by atoms with Crippen molar-refractivity contribution in [3.8, 4) is 0 Å². The molecule has 0 aliphatic carbocycles. The van der Waals surface area contributed by atoms with Gasteiger partial charge in [-0.15, -0.1) is 0 Å². The van der Waals surface area contributed by atoms with Crippen LogP contribution in [0, 0.1) is 0 Å². The molecule has 0 saturated heterocycles. The van der Waals surface area contributed by atoms with Crippen LogP contribution in [0.25, 0.3) is 0 Å². The van der Waals surface area contributed by atoms with Gasteiger partial charge in [0, 0.05) is 12.5 Å². The maximum atomic E-state index is 11.4. The summed E-state index contributed by atoms with van der Waals surface area (Å²) in [5.41, 5.74) is -0.165. The summed E-state index contributed by atoms with van der Waals surface area (Å²) in [6.45, 7) is 0. The van der Waals surface area contributed by atoms with Gasteiger partial charge in [0.05, 0.1) is 5.56 Å². The summed E-state index contributed by atoms with van der Waals surface area (Å²) < 4.78 is 46.5. The van der Waals surface area contributed by atoms with Gasteiger partial charge in [-0.1, -0.05) is 0 Å². The smallest absolute Gasteiger partial charge is 0.335 e. The van der Waals surface area contributed by atoms with Gasteiger partial charge >= 0.3 is 5.97 Å². The minimum Gasteiger partial charge on any atom is -0.478 e. The number of carboxylic acid groups (broad SMARTS) is 1. The fourth-order valence-electron chi connectivity index (χ4n) is 1.09. The van der Waals surface area contributed by atoms with Crippen molar-refractivity contribution in [1.82, 2.24) is 4.98 Å². The topological polar surface area (TPSA) is 130 Å². The van der Waals surface area contributed by atoms with E-state index in [2.05, 4.69) is 4.98 Å². The molecule has 2 N–H and O–H groups in total. The molecule has 1 heterocycles. The summed E-state index contributed by atoms with van der Waals surface area (Å²) in [6.07, 6.45) is 1.87. The van der Waals surface area contributed by atoms with E-state index in [4.69, 9.17) is 5.11 Å². The zero-order valence-electron chi connectivity index (χ0n) is 9.19. The quantitative estimate of drug-likeness (QED) is 0.750. The first-order chi connectivity index (χ1) is 8.09. The van der Waals surface area contributed by atoms with Crippen LogP contribution >= 0.6 is 0 Å². The number of nitrogens with one attached hydrogen (secondary N) is 1. The number of aromatic nitrogens is 1. The van der Waals surface area contributed by atoms with Gasteiger partial charge in [0.1, 0.15) is 5.82 Å². The zero-order chi connectivity index (χ0) is 14.0. The number of aromatic carboxylic acids is 1. The second kappa shape index (κ2) is 4.90.